The molecule has 0 bridgehead atoms. The molecule has 0 aromatic rings. The molecular formula is C9H19N. The van der Waals surface area contributed by atoms with Crippen LogP contribution < -0.4 is 5.73 Å². The minimum absolute atomic E-state index is 0.427. The third kappa shape index (κ3) is 1.72. The normalized spacial score (nSPS) is 36.3. The molecule has 0 radical (unpaired) electrons. The summed E-state index contributed by atoms with van der Waals surface area (Å²) >= 11 is 0. The van der Waals surface area contributed by atoms with E-state index in [0.29, 0.717) is 6.04 Å². The Kier molecular flexibility index (Phi) is 2.72. The van der Waals surface area contributed by atoms with Crippen molar-refractivity contribution in [1.29, 1.82) is 0 Å². The zero-order valence-corrected chi connectivity index (χ0v) is 7.14. The monoisotopic (exact) mass is 141 g/mol. The quantitative estimate of drug-likeness (QED) is 0.626. The van der Waals surface area contributed by atoms with Gasteiger partial charge in [-0.1, -0.05) is 19.8 Å². The van der Waals surface area contributed by atoms with Gasteiger partial charge in [0, 0.05) is 6.04 Å². The molecule has 0 heterocycles. The maximum absolute atomic E-state index is 5.81. The molecule has 0 amide bonds. The van der Waals surface area contributed by atoms with Gasteiger partial charge in [0.05, 0.1) is 0 Å². The molecule has 2 N–H and O–H groups in total. The Labute approximate surface area is 64.0 Å². The second kappa shape index (κ2) is 3.38. The molecule has 0 aromatic heterocycles. The Morgan fingerprint density at radius 3 is 2.50 bits per heavy atom. The van der Waals surface area contributed by atoms with E-state index in [-0.39, 0.29) is 0 Å². The molecule has 10 heavy (non-hydrogen) atoms. The number of nitrogens with two attached hydrogens (primary N) is 1. The first-order valence-corrected chi connectivity index (χ1v) is 4.49. The highest BCUT2D eigenvalue weighted by atomic mass is 14.6. The number of hydrogen-bond acceptors (Lipinski definition) is 1. The molecular weight excluding hydrogens is 122 g/mol. The van der Waals surface area contributed by atoms with Crippen LogP contribution in [0.15, 0.2) is 0 Å². The second-order valence-electron chi connectivity index (χ2n) is 3.71. The predicted molar refractivity (Wildman–Crippen MR) is 44.8 cm³/mol. The van der Waals surface area contributed by atoms with Crippen LogP contribution in [0.4, 0.5) is 0 Å². The highest BCUT2D eigenvalue weighted by Crippen LogP contribution is 2.33. The van der Waals surface area contributed by atoms with E-state index in [4.69, 9.17) is 5.73 Å². The Morgan fingerprint density at radius 2 is 2.20 bits per heavy atom. The van der Waals surface area contributed by atoms with Crippen LogP contribution >= 0.6 is 0 Å². The SMILES string of the molecule is CCC1CCC(C(C)N)C1. The molecule has 1 rings (SSSR count). The van der Waals surface area contributed by atoms with Crippen molar-refractivity contribution in [2.45, 2.75) is 45.6 Å². The van der Waals surface area contributed by atoms with Crippen LogP contribution in [0.2, 0.25) is 0 Å². The first kappa shape index (κ1) is 8.06. The molecule has 0 aliphatic heterocycles. The van der Waals surface area contributed by atoms with Gasteiger partial charge in [-0.15, -0.1) is 0 Å². The maximum Gasteiger partial charge on any atom is 0.00388 e. The lowest BCUT2D eigenvalue weighted by molar-refractivity contribution is 0.427. The van der Waals surface area contributed by atoms with E-state index in [1.165, 1.54) is 25.7 Å². The Hall–Kier alpha value is -0.0400. The van der Waals surface area contributed by atoms with E-state index in [9.17, 15) is 0 Å². The molecule has 1 heteroatoms. The van der Waals surface area contributed by atoms with Gasteiger partial charge in [-0.25, -0.2) is 0 Å². The summed E-state index contributed by atoms with van der Waals surface area (Å²) in [6.07, 6.45) is 5.52. The first-order chi connectivity index (χ1) is 4.74. The topological polar surface area (TPSA) is 26.0 Å². The third-order valence-corrected chi connectivity index (χ3v) is 2.90. The maximum atomic E-state index is 5.81. The zero-order chi connectivity index (χ0) is 7.56. The summed E-state index contributed by atoms with van der Waals surface area (Å²) < 4.78 is 0. The van der Waals surface area contributed by atoms with Crippen LogP contribution in [0.5, 0.6) is 0 Å². The highest BCUT2D eigenvalue weighted by Gasteiger charge is 2.25. The molecule has 1 saturated carbocycles. The van der Waals surface area contributed by atoms with E-state index in [0.717, 1.165) is 11.8 Å². The van der Waals surface area contributed by atoms with Crippen molar-refractivity contribution >= 4 is 0 Å². The molecule has 1 aliphatic carbocycles. The summed E-state index contributed by atoms with van der Waals surface area (Å²) in [6, 6.07) is 0.427. The van der Waals surface area contributed by atoms with Crippen LogP contribution in [0.3, 0.4) is 0 Å². The average Bonchev–Trinajstić information content (AvgIpc) is 2.34. The van der Waals surface area contributed by atoms with Crippen molar-refractivity contribution < 1.29 is 0 Å². The largest absolute Gasteiger partial charge is 0.328 e. The smallest absolute Gasteiger partial charge is 0.00388 e. The molecule has 0 saturated heterocycles. The van der Waals surface area contributed by atoms with Crippen LogP contribution in [0.1, 0.15) is 39.5 Å². The van der Waals surface area contributed by atoms with Crippen molar-refractivity contribution in [3.05, 3.63) is 0 Å². The van der Waals surface area contributed by atoms with E-state index < -0.39 is 0 Å². The van der Waals surface area contributed by atoms with E-state index in [1.807, 2.05) is 0 Å². The summed E-state index contributed by atoms with van der Waals surface area (Å²) in [4.78, 5) is 0. The van der Waals surface area contributed by atoms with Crippen LogP contribution in [0.25, 0.3) is 0 Å². The van der Waals surface area contributed by atoms with Gasteiger partial charge in [0.1, 0.15) is 0 Å². The summed E-state index contributed by atoms with van der Waals surface area (Å²) in [5.74, 6) is 1.81. The van der Waals surface area contributed by atoms with Crippen LogP contribution in [0, 0.1) is 11.8 Å². The van der Waals surface area contributed by atoms with Crippen molar-refractivity contribution in [3.63, 3.8) is 0 Å². The van der Waals surface area contributed by atoms with Gasteiger partial charge in [-0.05, 0) is 31.6 Å². The molecule has 0 spiro atoms. The van der Waals surface area contributed by atoms with Crippen molar-refractivity contribution in [1.82, 2.24) is 0 Å². The zero-order valence-electron chi connectivity index (χ0n) is 7.14. The van der Waals surface area contributed by atoms with Gasteiger partial charge in [0.15, 0.2) is 0 Å². The molecule has 1 aliphatic rings. The fourth-order valence-electron chi connectivity index (χ4n) is 1.96. The predicted octanol–water partition coefficient (Wildman–Crippen LogP) is 2.16. The van der Waals surface area contributed by atoms with Gasteiger partial charge >= 0.3 is 0 Å². The minimum Gasteiger partial charge on any atom is -0.328 e. The van der Waals surface area contributed by atoms with Gasteiger partial charge in [0.25, 0.3) is 0 Å². The lowest BCUT2D eigenvalue weighted by Crippen LogP contribution is -2.24. The molecule has 0 aromatic carbocycles. The first-order valence-electron chi connectivity index (χ1n) is 4.49. The molecule has 3 unspecified atom stereocenters. The van der Waals surface area contributed by atoms with Gasteiger partial charge in [0.2, 0.25) is 0 Å². The Morgan fingerprint density at radius 1 is 1.50 bits per heavy atom. The lowest BCUT2D eigenvalue weighted by atomic mass is 9.98. The van der Waals surface area contributed by atoms with Crippen LogP contribution in [-0.4, -0.2) is 6.04 Å². The van der Waals surface area contributed by atoms with Gasteiger partial charge in [-0.2, -0.15) is 0 Å². The van der Waals surface area contributed by atoms with E-state index in [2.05, 4.69) is 13.8 Å². The lowest BCUT2D eigenvalue weighted by Gasteiger charge is -2.13. The third-order valence-electron chi connectivity index (χ3n) is 2.90. The van der Waals surface area contributed by atoms with Crippen molar-refractivity contribution in [2.75, 3.05) is 0 Å². The van der Waals surface area contributed by atoms with Crippen molar-refractivity contribution in [3.8, 4) is 0 Å². The summed E-state index contributed by atoms with van der Waals surface area (Å²) in [5, 5.41) is 0. The van der Waals surface area contributed by atoms with Gasteiger partial charge < -0.3 is 5.73 Å². The summed E-state index contributed by atoms with van der Waals surface area (Å²) in [5.41, 5.74) is 5.81. The molecule has 1 fully saturated rings. The molecule has 1 nitrogen and oxygen atoms in total. The Balaban J connectivity index is 2.28. The highest BCUT2D eigenvalue weighted by molar-refractivity contribution is 4.79. The van der Waals surface area contributed by atoms with Gasteiger partial charge in [-0.3, -0.25) is 0 Å². The standard InChI is InChI=1S/C9H19N/c1-3-8-4-5-9(6-8)7(2)10/h7-9H,3-6,10H2,1-2H3. The summed E-state index contributed by atoms with van der Waals surface area (Å²) in [7, 11) is 0. The number of rotatable bonds is 2. The molecule has 60 valence electrons. The van der Waals surface area contributed by atoms with Crippen molar-refractivity contribution in [2.24, 2.45) is 17.6 Å². The van der Waals surface area contributed by atoms with Crippen LogP contribution in [-0.2, 0) is 0 Å². The summed E-state index contributed by atoms with van der Waals surface area (Å²) in [6.45, 7) is 4.43. The average molecular weight is 141 g/mol. The van der Waals surface area contributed by atoms with E-state index >= 15 is 0 Å². The molecule has 3 atom stereocenters. The second-order valence-corrected chi connectivity index (χ2v) is 3.71. The van der Waals surface area contributed by atoms with E-state index in [1.54, 1.807) is 0 Å². The fourth-order valence-corrected chi connectivity index (χ4v) is 1.96. The Bertz CT molecular complexity index is 98.9. The fraction of sp³-hybridized carbons (Fsp3) is 1.00. The number of hydrogen-bond donors (Lipinski definition) is 1. The minimum atomic E-state index is 0.427.